The zero-order valence-corrected chi connectivity index (χ0v) is 13.8. The van der Waals surface area contributed by atoms with Crippen LogP contribution in [0, 0.1) is 0 Å². The van der Waals surface area contributed by atoms with E-state index in [1.807, 2.05) is 24.3 Å². The van der Waals surface area contributed by atoms with Crippen molar-refractivity contribution in [2.24, 2.45) is 7.05 Å². The third-order valence-corrected chi connectivity index (χ3v) is 3.61. The third kappa shape index (κ3) is 3.51. The number of anilines is 1. The number of aromatic nitrogens is 3. The highest BCUT2D eigenvalue weighted by Crippen LogP contribution is 2.32. The maximum Gasteiger partial charge on any atom is 0.273 e. The Hall–Kier alpha value is -1.79. The molecule has 22 heavy (non-hydrogen) atoms. The molecule has 8 heteroatoms. The summed E-state index contributed by atoms with van der Waals surface area (Å²) in [6.07, 6.45) is 5.74. The van der Waals surface area contributed by atoms with Crippen molar-refractivity contribution in [1.29, 1.82) is 0 Å². The summed E-state index contributed by atoms with van der Waals surface area (Å²) < 4.78 is 1.76. The molecule has 1 fully saturated rings. The van der Waals surface area contributed by atoms with Crippen LogP contribution in [-0.4, -0.2) is 32.1 Å². The van der Waals surface area contributed by atoms with Crippen LogP contribution in [0.5, 0.6) is 0 Å². The van der Waals surface area contributed by atoms with E-state index < -0.39 is 0 Å². The van der Waals surface area contributed by atoms with E-state index in [2.05, 4.69) is 10.1 Å². The summed E-state index contributed by atoms with van der Waals surface area (Å²) in [7, 11) is 1.88. The van der Waals surface area contributed by atoms with Crippen molar-refractivity contribution in [3.05, 3.63) is 41.9 Å². The number of hydrogen-bond acceptors (Lipinski definition) is 4. The summed E-state index contributed by atoms with van der Waals surface area (Å²) in [5.41, 5.74) is 7.12. The van der Waals surface area contributed by atoms with Gasteiger partial charge in [-0.05, 0) is 25.0 Å². The Kier molecular flexibility index (Phi) is 6.20. The molecular weight excluding hydrogens is 325 g/mol. The van der Waals surface area contributed by atoms with Crippen molar-refractivity contribution in [2.45, 2.75) is 18.9 Å². The minimum Gasteiger partial charge on any atom is -0.384 e. The van der Waals surface area contributed by atoms with Crippen LogP contribution in [0.1, 0.15) is 34.9 Å². The lowest BCUT2D eigenvalue weighted by Gasteiger charge is -2.23. The molecule has 2 aromatic rings. The first-order valence-corrected chi connectivity index (χ1v) is 6.67. The molecule has 0 aliphatic carbocycles. The summed E-state index contributed by atoms with van der Waals surface area (Å²) >= 11 is 0. The highest BCUT2D eigenvalue weighted by molar-refractivity contribution is 5.93. The van der Waals surface area contributed by atoms with E-state index in [4.69, 9.17) is 5.73 Å². The molecule has 0 saturated carbocycles. The van der Waals surface area contributed by atoms with Crippen LogP contribution < -0.4 is 5.73 Å². The lowest BCUT2D eigenvalue weighted by molar-refractivity contribution is 0.0730. The fraction of sp³-hybridized carbons (Fsp3) is 0.357. The van der Waals surface area contributed by atoms with Gasteiger partial charge in [0.05, 0.1) is 12.2 Å². The van der Waals surface area contributed by atoms with Crippen LogP contribution in [0.4, 0.5) is 5.82 Å². The highest BCUT2D eigenvalue weighted by Gasteiger charge is 2.31. The minimum atomic E-state index is -0.0661. The molecular formula is C14H19Cl2N5O. The molecule has 1 aliphatic heterocycles. The molecule has 1 unspecified atom stereocenters. The average molecular weight is 344 g/mol. The SMILES string of the molecule is Cl.Cl.Cn1cc(C2CCCN2C(=O)c2cccc(N)n2)cn1. The number of hydrogen-bond donors (Lipinski definition) is 1. The molecule has 3 heterocycles. The summed E-state index contributed by atoms with van der Waals surface area (Å²) in [6, 6.07) is 5.22. The Labute approximate surface area is 141 Å². The van der Waals surface area contributed by atoms with Gasteiger partial charge in [0.1, 0.15) is 11.5 Å². The maximum atomic E-state index is 12.6. The summed E-state index contributed by atoms with van der Waals surface area (Å²) in [4.78, 5) is 18.5. The number of nitrogen functional groups attached to an aromatic ring is 1. The Morgan fingerprint density at radius 2 is 2.14 bits per heavy atom. The van der Waals surface area contributed by atoms with Gasteiger partial charge in [0, 0.05) is 25.4 Å². The van der Waals surface area contributed by atoms with Crippen LogP contribution >= 0.6 is 24.8 Å². The van der Waals surface area contributed by atoms with Crippen molar-refractivity contribution in [2.75, 3.05) is 12.3 Å². The van der Waals surface area contributed by atoms with Gasteiger partial charge in [-0.15, -0.1) is 24.8 Å². The molecule has 6 nitrogen and oxygen atoms in total. The number of nitrogens with zero attached hydrogens (tertiary/aromatic N) is 4. The summed E-state index contributed by atoms with van der Waals surface area (Å²) in [6.45, 7) is 0.745. The van der Waals surface area contributed by atoms with Crippen molar-refractivity contribution in [3.63, 3.8) is 0 Å². The lowest BCUT2D eigenvalue weighted by atomic mass is 10.1. The minimum absolute atomic E-state index is 0. The molecule has 0 bridgehead atoms. The fourth-order valence-electron chi connectivity index (χ4n) is 2.69. The predicted octanol–water partition coefficient (Wildman–Crippen LogP) is 2.22. The van der Waals surface area contributed by atoms with E-state index >= 15 is 0 Å². The maximum absolute atomic E-state index is 12.6. The second-order valence-electron chi connectivity index (χ2n) is 5.05. The van der Waals surface area contributed by atoms with Crippen molar-refractivity contribution in [1.82, 2.24) is 19.7 Å². The molecule has 1 atom stereocenters. The normalized spacial score (nSPS) is 16.8. The van der Waals surface area contributed by atoms with Crippen LogP contribution in [0.3, 0.4) is 0 Å². The number of pyridine rings is 1. The van der Waals surface area contributed by atoms with Crippen LogP contribution in [0.25, 0.3) is 0 Å². The standard InChI is InChI=1S/C14H17N5O.2ClH/c1-18-9-10(8-16-18)12-5-3-7-19(12)14(20)11-4-2-6-13(15)17-11;;/h2,4,6,8-9,12H,3,5,7H2,1H3,(H2,15,17);2*1H. The Morgan fingerprint density at radius 1 is 1.36 bits per heavy atom. The monoisotopic (exact) mass is 343 g/mol. The number of rotatable bonds is 2. The first kappa shape index (κ1) is 18.3. The third-order valence-electron chi connectivity index (χ3n) is 3.61. The van der Waals surface area contributed by atoms with E-state index in [0.29, 0.717) is 11.5 Å². The Morgan fingerprint density at radius 3 is 2.77 bits per heavy atom. The van der Waals surface area contributed by atoms with Crippen molar-refractivity contribution in [3.8, 4) is 0 Å². The second-order valence-corrected chi connectivity index (χ2v) is 5.05. The number of nitrogens with two attached hydrogens (primary N) is 1. The van der Waals surface area contributed by atoms with Gasteiger partial charge in [-0.1, -0.05) is 6.07 Å². The second kappa shape index (κ2) is 7.47. The van der Waals surface area contributed by atoms with E-state index in [0.717, 1.165) is 24.9 Å². The predicted molar refractivity (Wildman–Crippen MR) is 89.4 cm³/mol. The molecule has 1 aliphatic rings. The number of carbonyl (C=O) groups is 1. The van der Waals surface area contributed by atoms with E-state index in [1.54, 1.807) is 22.9 Å². The van der Waals surface area contributed by atoms with Crippen molar-refractivity contribution < 1.29 is 4.79 Å². The smallest absolute Gasteiger partial charge is 0.273 e. The van der Waals surface area contributed by atoms with Gasteiger partial charge in [0.2, 0.25) is 0 Å². The Bertz CT molecular complexity index is 646. The van der Waals surface area contributed by atoms with Crippen LogP contribution in [0.15, 0.2) is 30.6 Å². The highest BCUT2D eigenvalue weighted by atomic mass is 35.5. The average Bonchev–Trinajstić information content (AvgIpc) is 3.06. The number of aryl methyl sites for hydroxylation is 1. The van der Waals surface area contributed by atoms with Gasteiger partial charge < -0.3 is 10.6 Å². The topological polar surface area (TPSA) is 77.0 Å². The first-order chi connectivity index (χ1) is 9.65. The van der Waals surface area contributed by atoms with Crippen molar-refractivity contribution >= 4 is 36.5 Å². The molecule has 3 rings (SSSR count). The van der Waals surface area contributed by atoms with Gasteiger partial charge in [-0.3, -0.25) is 9.48 Å². The molecule has 0 radical (unpaired) electrons. The van der Waals surface area contributed by atoms with Gasteiger partial charge in [0.15, 0.2) is 0 Å². The molecule has 2 N–H and O–H groups in total. The summed E-state index contributed by atoms with van der Waals surface area (Å²) in [5, 5.41) is 4.18. The first-order valence-electron chi connectivity index (χ1n) is 6.67. The molecule has 120 valence electrons. The number of halogens is 2. The zero-order chi connectivity index (χ0) is 14.1. The molecule has 1 amide bonds. The van der Waals surface area contributed by atoms with Crippen LogP contribution in [-0.2, 0) is 7.05 Å². The van der Waals surface area contributed by atoms with Gasteiger partial charge in [-0.2, -0.15) is 5.10 Å². The largest absolute Gasteiger partial charge is 0.384 e. The molecule has 0 aromatic carbocycles. The fourth-order valence-corrected chi connectivity index (χ4v) is 2.69. The number of amides is 1. The molecule has 1 saturated heterocycles. The van der Waals surface area contributed by atoms with E-state index in [-0.39, 0.29) is 36.8 Å². The zero-order valence-electron chi connectivity index (χ0n) is 12.2. The lowest BCUT2D eigenvalue weighted by Crippen LogP contribution is -2.31. The Balaban J connectivity index is 0.00000121. The van der Waals surface area contributed by atoms with E-state index in [1.165, 1.54) is 0 Å². The summed E-state index contributed by atoms with van der Waals surface area (Å²) in [5.74, 6) is 0.302. The quantitative estimate of drug-likeness (QED) is 0.906. The molecule has 2 aromatic heterocycles. The van der Waals surface area contributed by atoms with E-state index in [9.17, 15) is 4.79 Å². The van der Waals surface area contributed by atoms with Gasteiger partial charge >= 0.3 is 0 Å². The molecule has 0 spiro atoms. The van der Waals surface area contributed by atoms with Gasteiger partial charge in [0.25, 0.3) is 5.91 Å². The van der Waals surface area contributed by atoms with Crippen LogP contribution in [0.2, 0.25) is 0 Å². The van der Waals surface area contributed by atoms with Gasteiger partial charge in [-0.25, -0.2) is 4.98 Å². The number of likely N-dealkylation sites (tertiary alicyclic amines) is 1. The number of carbonyl (C=O) groups excluding carboxylic acids is 1.